The molecule has 0 unspecified atom stereocenters. The number of ether oxygens (including phenoxy) is 3. The van der Waals surface area contributed by atoms with Gasteiger partial charge in [-0.2, -0.15) is 0 Å². The second kappa shape index (κ2) is 10.1. The molecule has 0 aromatic heterocycles. The Morgan fingerprint density at radius 2 is 1.79 bits per heavy atom. The molecule has 1 aliphatic carbocycles. The summed E-state index contributed by atoms with van der Waals surface area (Å²) in [6.45, 7) is 4.94. The highest BCUT2D eigenvalue weighted by molar-refractivity contribution is 9.09. The third-order valence-electron chi connectivity index (χ3n) is 4.02. The van der Waals surface area contributed by atoms with Gasteiger partial charge in [0, 0.05) is 12.4 Å². The Kier molecular flexibility index (Phi) is 9.29. The smallest absolute Gasteiger partial charge is 0.0780 e. The van der Waals surface area contributed by atoms with Gasteiger partial charge in [0.25, 0.3) is 0 Å². The molecule has 3 nitrogen and oxygen atoms in total. The number of hydrogen-bond acceptors (Lipinski definition) is 3. The fourth-order valence-corrected chi connectivity index (χ4v) is 3.50. The van der Waals surface area contributed by atoms with Crippen molar-refractivity contribution in [1.29, 1.82) is 0 Å². The monoisotopic (exact) mass is 336 g/mol. The number of methoxy groups -OCH3 is 1. The van der Waals surface area contributed by atoms with Gasteiger partial charge in [0.1, 0.15) is 0 Å². The quantitative estimate of drug-likeness (QED) is 0.448. The van der Waals surface area contributed by atoms with E-state index in [1.54, 1.807) is 7.11 Å². The van der Waals surface area contributed by atoms with E-state index in [-0.39, 0.29) is 5.60 Å². The predicted molar refractivity (Wildman–Crippen MR) is 82.0 cm³/mol. The molecule has 0 aliphatic heterocycles. The van der Waals surface area contributed by atoms with Crippen LogP contribution >= 0.6 is 15.9 Å². The Hall–Kier alpha value is 0.360. The van der Waals surface area contributed by atoms with Crippen molar-refractivity contribution in [1.82, 2.24) is 0 Å². The summed E-state index contributed by atoms with van der Waals surface area (Å²) in [5, 5.41) is 0.941. The zero-order valence-electron chi connectivity index (χ0n) is 12.5. The van der Waals surface area contributed by atoms with Crippen molar-refractivity contribution in [2.24, 2.45) is 5.92 Å². The highest BCUT2D eigenvalue weighted by Gasteiger charge is 2.34. The summed E-state index contributed by atoms with van der Waals surface area (Å²) in [6.07, 6.45) is 7.66. The van der Waals surface area contributed by atoms with Crippen molar-refractivity contribution in [2.75, 3.05) is 38.9 Å². The molecule has 0 bridgehead atoms. The zero-order valence-corrected chi connectivity index (χ0v) is 14.0. The van der Waals surface area contributed by atoms with E-state index in [2.05, 4.69) is 22.9 Å². The highest BCUT2D eigenvalue weighted by Crippen LogP contribution is 2.37. The molecule has 0 radical (unpaired) electrons. The average Bonchev–Trinajstić information content (AvgIpc) is 2.45. The van der Waals surface area contributed by atoms with Crippen molar-refractivity contribution in [3.63, 3.8) is 0 Å². The summed E-state index contributed by atoms with van der Waals surface area (Å²) in [6, 6.07) is 0. The van der Waals surface area contributed by atoms with Crippen molar-refractivity contribution in [3.05, 3.63) is 0 Å². The standard InChI is InChI=1S/C15H29BrO3/c1-3-4-14-5-7-15(13-16,8-6-14)19-12-11-18-10-9-17-2/h14H,3-13H2,1-2H3. The first-order chi connectivity index (χ1) is 9.26. The first-order valence-corrected chi connectivity index (χ1v) is 8.65. The lowest BCUT2D eigenvalue weighted by Crippen LogP contribution is -2.39. The fourth-order valence-electron chi connectivity index (χ4n) is 2.78. The Morgan fingerprint density at radius 3 is 2.37 bits per heavy atom. The van der Waals surface area contributed by atoms with Crippen LogP contribution in [0.1, 0.15) is 45.4 Å². The molecule has 0 saturated heterocycles. The van der Waals surface area contributed by atoms with Crippen LogP contribution in [0.15, 0.2) is 0 Å². The highest BCUT2D eigenvalue weighted by atomic mass is 79.9. The largest absolute Gasteiger partial charge is 0.382 e. The molecule has 0 spiro atoms. The number of halogens is 1. The number of rotatable bonds is 10. The minimum absolute atomic E-state index is 0.0505. The van der Waals surface area contributed by atoms with Crippen LogP contribution in [0.25, 0.3) is 0 Å². The molecule has 1 rings (SSSR count). The summed E-state index contributed by atoms with van der Waals surface area (Å²) in [5.41, 5.74) is 0.0505. The van der Waals surface area contributed by atoms with E-state index < -0.39 is 0 Å². The predicted octanol–water partition coefficient (Wildman–Crippen LogP) is 3.79. The number of alkyl halides is 1. The van der Waals surface area contributed by atoms with Crippen LogP contribution in [0.2, 0.25) is 0 Å². The SMILES string of the molecule is CCCC1CCC(CBr)(OCCOCCOC)CC1. The average molecular weight is 337 g/mol. The molecule has 0 N–H and O–H groups in total. The topological polar surface area (TPSA) is 27.7 Å². The first-order valence-electron chi connectivity index (χ1n) is 7.53. The third kappa shape index (κ3) is 6.56. The molecular weight excluding hydrogens is 308 g/mol. The van der Waals surface area contributed by atoms with Gasteiger partial charge in [-0.15, -0.1) is 0 Å². The molecule has 0 atom stereocenters. The molecule has 1 aliphatic rings. The Labute approximate surface area is 126 Å². The molecule has 1 fully saturated rings. The zero-order chi connectivity index (χ0) is 14.0. The lowest BCUT2D eigenvalue weighted by molar-refractivity contribution is -0.0814. The second-order valence-electron chi connectivity index (χ2n) is 5.50. The molecule has 0 amide bonds. The fraction of sp³-hybridized carbons (Fsp3) is 1.00. The van der Waals surface area contributed by atoms with E-state index in [0.29, 0.717) is 26.4 Å². The Bertz CT molecular complexity index is 215. The molecular formula is C15H29BrO3. The van der Waals surface area contributed by atoms with Crippen LogP contribution in [-0.4, -0.2) is 44.5 Å². The molecule has 19 heavy (non-hydrogen) atoms. The van der Waals surface area contributed by atoms with Gasteiger partial charge < -0.3 is 14.2 Å². The summed E-state index contributed by atoms with van der Waals surface area (Å²) in [5.74, 6) is 0.915. The second-order valence-corrected chi connectivity index (χ2v) is 6.06. The van der Waals surface area contributed by atoms with Gasteiger partial charge >= 0.3 is 0 Å². The van der Waals surface area contributed by atoms with E-state index in [9.17, 15) is 0 Å². The Balaban J connectivity index is 2.18. The van der Waals surface area contributed by atoms with Crippen LogP contribution in [0.4, 0.5) is 0 Å². The van der Waals surface area contributed by atoms with Crippen molar-refractivity contribution in [3.8, 4) is 0 Å². The molecule has 0 aromatic rings. The van der Waals surface area contributed by atoms with E-state index >= 15 is 0 Å². The van der Waals surface area contributed by atoms with Gasteiger partial charge in [-0.25, -0.2) is 0 Å². The van der Waals surface area contributed by atoms with Gasteiger partial charge in [-0.05, 0) is 31.6 Å². The minimum Gasteiger partial charge on any atom is -0.382 e. The molecule has 114 valence electrons. The van der Waals surface area contributed by atoms with Gasteiger partial charge in [0.15, 0.2) is 0 Å². The van der Waals surface area contributed by atoms with Crippen molar-refractivity contribution in [2.45, 2.75) is 51.0 Å². The van der Waals surface area contributed by atoms with E-state index in [4.69, 9.17) is 14.2 Å². The lowest BCUT2D eigenvalue weighted by Gasteiger charge is -2.39. The molecule has 4 heteroatoms. The van der Waals surface area contributed by atoms with Crippen LogP contribution < -0.4 is 0 Å². The maximum absolute atomic E-state index is 6.11. The van der Waals surface area contributed by atoms with Crippen LogP contribution in [0, 0.1) is 5.92 Å². The van der Waals surface area contributed by atoms with E-state index in [0.717, 1.165) is 11.2 Å². The van der Waals surface area contributed by atoms with Gasteiger partial charge in [-0.1, -0.05) is 35.7 Å². The molecule has 1 saturated carbocycles. The number of hydrogen-bond donors (Lipinski definition) is 0. The van der Waals surface area contributed by atoms with Gasteiger partial charge in [0.2, 0.25) is 0 Å². The molecule has 0 heterocycles. The minimum atomic E-state index is 0.0505. The first kappa shape index (κ1) is 17.4. The normalized spacial score (nSPS) is 27.6. The van der Waals surface area contributed by atoms with Crippen molar-refractivity contribution >= 4 is 15.9 Å². The van der Waals surface area contributed by atoms with Crippen molar-refractivity contribution < 1.29 is 14.2 Å². The maximum atomic E-state index is 6.11. The van der Waals surface area contributed by atoms with Crippen LogP contribution in [-0.2, 0) is 14.2 Å². The van der Waals surface area contributed by atoms with Gasteiger partial charge in [-0.3, -0.25) is 0 Å². The summed E-state index contributed by atoms with van der Waals surface area (Å²) >= 11 is 3.64. The lowest BCUT2D eigenvalue weighted by atomic mass is 9.78. The summed E-state index contributed by atoms with van der Waals surface area (Å²) in [7, 11) is 1.69. The third-order valence-corrected chi connectivity index (χ3v) is 5.05. The Morgan fingerprint density at radius 1 is 1.11 bits per heavy atom. The van der Waals surface area contributed by atoms with E-state index in [1.165, 1.54) is 38.5 Å². The summed E-state index contributed by atoms with van der Waals surface area (Å²) < 4.78 is 16.5. The van der Waals surface area contributed by atoms with Crippen LogP contribution in [0.3, 0.4) is 0 Å². The van der Waals surface area contributed by atoms with E-state index in [1.807, 2.05) is 0 Å². The van der Waals surface area contributed by atoms with Crippen LogP contribution in [0.5, 0.6) is 0 Å². The maximum Gasteiger partial charge on any atom is 0.0780 e. The van der Waals surface area contributed by atoms with Gasteiger partial charge in [0.05, 0.1) is 32.0 Å². The molecule has 0 aromatic carbocycles. The summed E-state index contributed by atoms with van der Waals surface area (Å²) in [4.78, 5) is 0.